The molecule has 1 aromatic carbocycles. The van der Waals surface area contributed by atoms with Crippen LogP contribution in [-0.2, 0) is 9.47 Å². The highest BCUT2D eigenvalue weighted by atomic mass is 35.5. The topological polar surface area (TPSA) is 35.5 Å². The van der Waals surface area contributed by atoms with E-state index in [9.17, 15) is 13.6 Å². The monoisotopic (exact) mass is 332 g/mol. The van der Waals surface area contributed by atoms with Gasteiger partial charge in [0.15, 0.2) is 12.1 Å². The molecule has 0 aromatic heterocycles. The molecule has 0 N–H and O–H groups in total. The van der Waals surface area contributed by atoms with E-state index in [1.165, 1.54) is 0 Å². The Bertz CT molecular complexity index is 551. The van der Waals surface area contributed by atoms with Gasteiger partial charge in [-0.3, -0.25) is 4.79 Å². The lowest BCUT2D eigenvalue weighted by molar-refractivity contribution is -0.223. The van der Waals surface area contributed by atoms with Gasteiger partial charge in [-0.2, -0.15) is 0 Å². The van der Waals surface area contributed by atoms with E-state index in [0.29, 0.717) is 26.1 Å². The van der Waals surface area contributed by atoms with Crippen LogP contribution in [0.3, 0.4) is 0 Å². The normalized spacial score (nSPS) is 18.4. The molecule has 1 aliphatic heterocycles. The third-order valence-corrected chi connectivity index (χ3v) is 3.76. The summed E-state index contributed by atoms with van der Waals surface area (Å²) in [4.78, 5) is 11.9. The number of ketones is 1. The Balaban J connectivity index is 1.83. The van der Waals surface area contributed by atoms with Gasteiger partial charge in [-0.1, -0.05) is 25.4 Å². The number of hydrogen-bond acceptors (Lipinski definition) is 3. The van der Waals surface area contributed by atoms with Crippen molar-refractivity contribution in [3.8, 4) is 0 Å². The van der Waals surface area contributed by atoms with E-state index in [1.807, 2.05) is 13.8 Å². The molecule has 0 unspecified atom stereocenters. The molecule has 0 saturated carbocycles. The molecule has 1 aromatic rings. The van der Waals surface area contributed by atoms with Crippen LogP contribution in [0, 0.1) is 17.0 Å². The summed E-state index contributed by atoms with van der Waals surface area (Å²) in [7, 11) is 0. The fraction of sp³-hybridized carbons (Fsp3) is 0.562. The number of carbonyl (C=O) groups is 1. The maximum Gasteiger partial charge on any atom is 0.165 e. The smallest absolute Gasteiger partial charge is 0.165 e. The Morgan fingerprint density at radius 1 is 1.27 bits per heavy atom. The quantitative estimate of drug-likeness (QED) is 0.593. The number of carbonyl (C=O) groups excluding carboxylic acids is 1. The standard InChI is InChI=1S/C16H19ClF2O3/c1-16(2)8-21-15(22-9-16)5-3-4-14(20)10-6-13(19)11(17)7-12(10)18/h6-7,15H,3-5,8-9H2,1-2H3. The molecule has 6 heteroatoms. The lowest BCUT2D eigenvalue weighted by atomic mass is 9.95. The predicted molar refractivity (Wildman–Crippen MR) is 79.0 cm³/mol. The van der Waals surface area contributed by atoms with E-state index in [4.69, 9.17) is 21.1 Å². The zero-order valence-electron chi connectivity index (χ0n) is 12.6. The summed E-state index contributed by atoms with van der Waals surface area (Å²) in [6.07, 6.45) is 0.783. The molecule has 22 heavy (non-hydrogen) atoms. The zero-order chi connectivity index (χ0) is 16.3. The highest BCUT2D eigenvalue weighted by molar-refractivity contribution is 6.30. The van der Waals surface area contributed by atoms with Crippen molar-refractivity contribution in [2.45, 2.75) is 39.4 Å². The molecule has 3 nitrogen and oxygen atoms in total. The minimum Gasteiger partial charge on any atom is -0.352 e. The van der Waals surface area contributed by atoms with Crippen molar-refractivity contribution in [2.24, 2.45) is 5.41 Å². The summed E-state index contributed by atoms with van der Waals surface area (Å²) in [5, 5.41) is -0.333. The van der Waals surface area contributed by atoms with Crippen molar-refractivity contribution in [3.05, 3.63) is 34.4 Å². The lowest BCUT2D eigenvalue weighted by Crippen LogP contribution is -2.37. The SMILES string of the molecule is CC1(C)COC(CCCC(=O)c2cc(F)c(Cl)cc2F)OC1. The predicted octanol–water partition coefficient (Wildman–Crippen LogP) is 4.37. The minimum absolute atomic E-state index is 0.00369. The van der Waals surface area contributed by atoms with Gasteiger partial charge < -0.3 is 9.47 Å². The maximum absolute atomic E-state index is 13.6. The van der Waals surface area contributed by atoms with Crippen LogP contribution in [0.15, 0.2) is 12.1 Å². The first kappa shape index (κ1) is 17.3. The lowest BCUT2D eigenvalue weighted by Gasteiger charge is -2.34. The Morgan fingerprint density at radius 2 is 1.91 bits per heavy atom. The van der Waals surface area contributed by atoms with E-state index >= 15 is 0 Å². The maximum atomic E-state index is 13.6. The average Bonchev–Trinajstić information content (AvgIpc) is 2.44. The molecule has 1 heterocycles. The first-order valence-electron chi connectivity index (χ1n) is 7.19. The average molecular weight is 333 g/mol. The molecule has 0 aliphatic carbocycles. The molecular formula is C16H19ClF2O3. The minimum atomic E-state index is -0.802. The summed E-state index contributed by atoms with van der Waals surface area (Å²) < 4.78 is 38.0. The third kappa shape index (κ3) is 4.48. The van der Waals surface area contributed by atoms with Gasteiger partial charge in [0.25, 0.3) is 0 Å². The van der Waals surface area contributed by atoms with Gasteiger partial charge in [0.2, 0.25) is 0 Å². The first-order chi connectivity index (χ1) is 10.3. The fourth-order valence-corrected chi connectivity index (χ4v) is 2.34. The second kappa shape index (κ2) is 7.02. The molecule has 1 aliphatic rings. The van der Waals surface area contributed by atoms with Crippen molar-refractivity contribution in [3.63, 3.8) is 0 Å². The van der Waals surface area contributed by atoms with Crippen molar-refractivity contribution in [1.29, 1.82) is 0 Å². The molecule has 0 amide bonds. The molecule has 2 rings (SSSR count). The molecule has 122 valence electrons. The van der Waals surface area contributed by atoms with Crippen LogP contribution in [-0.4, -0.2) is 25.3 Å². The number of ether oxygens (including phenoxy) is 2. The van der Waals surface area contributed by atoms with E-state index in [2.05, 4.69) is 0 Å². The Morgan fingerprint density at radius 3 is 2.55 bits per heavy atom. The molecule has 0 spiro atoms. The van der Waals surface area contributed by atoms with Gasteiger partial charge in [-0.15, -0.1) is 0 Å². The molecular weight excluding hydrogens is 314 g/mol. The van der Waals surface area contributed by atoms with Crippen LogP contribution in [0.25, 0.3) is 0 Å². The van der Waals surface area contributed by atoms with Crippen LogP contribution in [0.5, 0.6) is 0 Å². The van der Waals surface area contributed by atoms with Crippen LogP contribution >= 0.6 is 11.6 Å². The fourth-order valence-electron chi connectivity index (χ4n) is 2.19. The Hall–Kier alpha value is -1.04. The molecule has 0 bridgehead atoms. The number of hydrogen-bond donors (Lipinski definition) is 0. The number of benzene rings is 1. The molecule has 1 fully saturated rings. The van der Waals surface area contributed by atoms with Gasteiger partial charge in [-0.25, -0.2) is 8.78 Å². The summed E-state index contributed by atoms with van der Waals surface area (Å²) in [5.41, 5.74) is -0.274. The zero-order valence-corrected chi connectivity index (χ0v) is 13.4. The molecule has 1 saturated heterocycles. The highest BCUT2D eigenvalue weighted by Gasteiger charge is 2.28. The first-order valence-corrected chi connectivity index (χ1v) is 7.57. The largest absolute Gasteiger partial charge is 0.352 e. The Labute approximate surface area is 133 Å². The summed E-state index contributed by atoms with van der Waals surface area (Å²) in [6.45, 7) is 5.29. The highest BCUT2D eigenvalue weighted by Crippen LogP contribution is 2.25. The third-order valence-electron chi connectivity index (χ3n) is 3.47. The summed E-state index contributed by atoms with van der Waals surface area (Å²) >= 11 is 5.46. The van der Waals surface area contributed by atoms with E-state index in [1.54, 1.807) is 0 Å². The van der Waals surface area contributed by atoms with Crippen LogP contribution < -0.4 is 0 Å². The van der Waals surface area contributed by atoms with Crippen molar-refractivity contribution < 1.29 is 23.0 Å². The van der Waals surface area contributed by atoms with Gasteiger partial charge in [-0.05, 0) is 25.0 Å². The van der Waals surface area contributed by atoms with Gasteiger partial charge in [0.05, 0.1) is 23.8 Å². The van der Waals surface area contributed by atoms with Crippen molar-refractivity contribution in [2.75, 3.05) is 13.2 Å². The number of halogens is 3. The summed E-state index contributed by atoms with van der Waals surface area (Å²) in [6, 6.07) is 1.66. The summed E-state index contributed by atoms with van der Waals surface area (Å²) in [5.74, 6) is -2.06. The van der Waals surface area contributed by atoms with Gasteiger partial charge >= 0.3 is 0 Å². The molecule has 0 radical (unpaired) electrons. The van der Waals surface area contributed by atoms with E-state index in [0.717, 1.165) is 12.1 Å². The van der Waals surface area contributed by atoms with Gasteiger partial charge in [0.1, 0.15) is 11.6 Å². The van der Waals surface area contributed by atoms with E-state index < -0.39 is 17.4 Å². The second-order valence-corrected chi connectivity index (χ2v) is 6.68. The van der Waals surface area contributed by atoms with Crippen LogP contribution in [0.1, 0.15) is 43.5 Å². The Kier molecular flexibility index (Phi) is 5.53. The van der Waals surface area contributed by atoms with Crippen LogP contribution in [0.2, 0.25) is 5.02 Å². The number of Topliss-reactive ketones (excluding diaryl/α,β-unsaturated/α-hetero) is 1. The molecule has 0 atom stereocenters. The van der Waals surface area contributed by atoms with E-state index in [-0.39, 0.29) is 28.7 Å². The van der Waals surface area contributed by atoms with Gasteiger partial charge in [0, 0.05) is 11.8 Å². The van der Waals surface area contributed by atoms with Crippen LogP contribution in [0.4, 0.5) is 8.78 Å². The van der Waals surface area contributed by atoms with Crippen molar-refractivity contribution >= 4 is 17.4 Å². The number of rotatable bonds is 5. The second-order valence-electron chi connectivity index (χ2n) is 6.28. The van der Waals surface area contributed by atoms with Crippen molar-refractivity contribution in [1.82, 2.24) is 0 Å².